The molecule has 1 heterocycles. The van der Waals surface area contributed by atoms with E-state index in [0.29, 0.717) is 23.2 Å². The summed E-state index contributed by atoms with van der Waals surface area (Å²) in [5, 5.41) is 22.7. The number of aryl methyl sites for hydroxylation is 1. The van der Waals surface area contributed by atoms with Crippen LogP contribution in [0.15, 0.2) is 47.6 Å². The summed E-state index contributed by atoms with van der Waals surface area (Å²) in [5.41, 5.74) is 1.26. The molecule has 0 aliphatic rings. The van der Waals surface area contributed by atoms with Gasteiger partial charge in [-0.1, -0.05) is 42.4 Å². The summed E-state index contributed by atoms with van der Waals surface area (Å²) in [5.74, 6) is 1.14. The van der Waals surface area contributed by atoms with Crippen LogP contribution in [0, 0.1) is 10.1 Å². The van der Waals surface area contributed by atoms with Crippen molar-refractivity contribution in [3.8, 4) is 5.75 Å². The Balaban J connectivity index is 1.63. The van der Waals surface area contributed by atoms with E-state index in [2.05, 4.69) is 22.4 Å². The first-order valence-corrected chi connectivity index (χ1v) is 11.7. The smallest absolute Gasteiger partial charge is 0.289 e. The van der Waals surface area contributed by atoms with E-state index in [9.17, 15) is 14.9 Å². The van der Waals surface area contributed by atoms with Gasteiger partial charge in [-0.3, -0.25) is 14.9 Å². The van der Waals surface area contributed by atoms with Crippen LogP contribution in [0.1, 0.15) is 38.3 Å². The predicted molar refractivity (Wildman–Crippen MR) is 128 cm³/mol. The van der Waals surface area contributed by atoms with Crippen molar-refractivity contribution in [2.75, 3.05) is 11.1 Å². The number of ether oxygens (including phenoxy) is 1. The van der Waals surface area contributed by atoms with Gasteiger partial charge in [0.15, 0.2) is 17.1 Å². The van der Waals surface area contributed by atoms with Gasteiger partial charge < -0.3 is 14.6 Å². The van der Waals surface area contributed by atoms with Crippen LogP contribution in [0.2, 0.25) is 5.02 Å². The van der Waals surface area contributed by atoms with E-state index < -0.39 is 4.92 Å². The highest BCUT2D eigenvalue weighted by Crippen LogP contribution is 2.28. The third kappa shape index (κ3) is 6.23. The van der Waals surface area contributed by atoms with Crippen molar-refractivity contribution in [2.24, 2.45) is 0 Å². The van der Waals surface area contributed by atoms with Crippen molar-refractivity contribution in [1.29, 1.82) is 0 Å². The molecule has 0 saturated carbocycles. The second-order valence-electron chi connectivity index (χ2n) is 7.10. The molecule has 2 aromatic carbocycles. The second-order valence-corrected chi connectivity index (χ2v) is 8.45. The average Bonchev–Trinajstić information content (AvgIpc) is 3.22. The Labute approximate surface area is 200 Å². The molecule has 174 valence electrons. The van der Waals surface area contributed by atoms with Crippen molar-refractivity contribution < 1.29 is 14.5 Å². The Morgan fingerprint density at radius 3 is 2.61 bits per heavy atom. The van der Waals surface area contributed by atoms with Gasteiger partial charge in [-0.05, 0) is 50.1 Å². The molecule has 33 heavy (non-hydrogen) atoms. The maximum absolute atomic E-state index is 12.4. The molecule has 11 heteroatoms. The van der Waals surface area contributed by atoms with Gasteiger partial charge in [-0.15, -0.1) is 10.2 Å². The van der Waals surface area contributed by atoms with E-state index in [-0.39, 0.29) is 28.5 Å². The number of thioether (sulfide) groups is 1. The van der Waals surface area contributed by atoms with Crippen LogP contribution < -0.4 is 10.1 Å². The third-order valence-electron chi connectivity index (χ3n) is 4.83. The molecular formula is C22H24ClN5O4S. The van der Waals surface area contributed by atoms with Crippen molar-refractivity contribution in [3.63, 3.8) is 0 Å². The van der Waals surface area contributed by atoms with Crippen LogP contribution in [0.25, 0.3) is 0 Å². The average molecular weight is 490 g/mol. The van der Waals surface area contributed by atoms with Gasteiger partial charge in [0.25, 0.3) is 5.69 Å². The van der Waals surface area contributed by atoms with Crippen LogP contribution in [0.5, 0.6) is 5.75 Å². The molecular weight excluding hydrogens is 466 g/mol. The fourth-order valence-electron chi connectivity index (χ4n) is 3.12. The van der Waals surface area contributed by atoms with Gasteiger partial charge in [-0.25, -0.2) is 0 Å². The first-order chi connectivity index (χ1) is 15.8. The number of amides is 1. The summed E-state index contributed by atoms with van der Waals surface area (Å²) in [7, 11) is 0. The first-order valence-electron chi connectivity index (χ1n) is 10.4. The largest absolute Gasteiger partial charge is 0.483 e. The maximum Gasteiger partial charge on any atom is 0.289 e. The maximum atomic E-state index is 12.4. The number of benzene rings is 2. The van der Waals surface area contributed by atoms with E-state index in [1.165, 1.54) is 35.5 Å². The molecule has 0 spiro atoms. The van der Waals surface area contributed by atoms with E-state index in [0.717, 1.165) is 12.2 Å². The van der Waals surface area contributed by atoms with E-state index >= 15 is 0 Å². The fraction of sp³-hybridized carbons (Fsp3) is 0.318. The highest BCUT2D eigenvalue weighted by molar-refractivity contribution is 7.99. The van der Waals surface area contributed by atoms with Gasteiger partial charge in [0.05, 0.1) is 10.7 Å². The Bertz CT molecular complexity index is 1140. The molecule has 1 atom stereocenters. The summed E-state index contributed by atoms with van der Waals surface area (Å²) in [6.45, 7) is 6.57. The molecule has 1 N–H and O–H groups in total. The molecule has 0 bridgehead atoms. The molecule has 1 amide bonds. The molecule has 9 nitrogen and oxygen atoms in total. The Hall–Kier alpha value is -3.11. The molecule has 0 aliphatic heterocycles. The van der Waals surface area contributed by atoms with Gasteiger partial charge in [0.2, 0.25) is 5.91 Å². The topological polar surface area (TPSA) is 112 Å². The lowest BCUT2D eigenvalue weighted by Gasteiger charge is -2.16. The number of nitro benzene ring substituents is 1. The highest BCUT2D eigenvalue weighted by Gasteiger charge is 2.20. The summed E-state index contributed by atoms with van der Waals surface area (Å²) in [6, 6.07) is 12.0. The van der Waals surface area contributed by atoms with Crippen molar-refractivity contribution in [1.82, 2.24) is 14.8 Å². The molecule has 0 radical (unpaired) electrons. The molecule has 0 saturated heterocycles. The zero-order valence-corrected chi connectivity index (χ0v) is 20.0. The van der Waals surface area contributed by atoms with Crippen molar-refractivity contribution >= 4 is 40.6 Å². The minimum Gasteiger partial charge on any atom is -0.483 e. The van der Waals surface area contributed by atoms with Gasteiger partial charge in [0.1, 0.15) is 10.8 Å². The number of carbonyl (C=O) groups is 1. The number of nitrogens with zero attached hydrogens (tertiary/aromatic N) is 4. The molecule has 3 aromatic rings. The van der Waals surface area contributed by atoms with Crippen LogP contribution in [-0.4, -0.2) is 31.3 Å². The van der Waals surface area contributed by atoms with Crippen molar-refractivity contribution in [3.05, 3.63) is 69.0 Å². The quantitative estimate of drug-likeness (QED) is 0.234. The third-order valence-corrected chi connectivity index (χ3v) is 6.12. The van der Waals surface area contributed by atoms with Crippen LogP contribution >= 0.6 is 23.4 Å². The van der Waals surface area contributed by atoms with E-state index in [4.69, 9.17) is 16.3 Å². The summed E-state index contributed by atoms with van der Waals surface area (Å²) < 4.78 is 7.92. The number of carbonyl (C=O) groups excluding carboxylic acids is 1. The van der Waals surface area contributed by atoms with Gasteiger partial charge in [-0.2, -0.15) is 0 Å². The minimum absolute atomic E-state index is 0.00796. The van der Waals surface area contributed by atoms with Crippen molar-refractivity contribution in [2.45, 2.75) is 45.0 Å². The molecule has 0 aliphatic carbocycles. The van der Waals surface area contributed by atoms with Crippen LogP contribution in [-0.2, 0) is 17.8 Å². The Morgan fingerprint density at radius 1 is 1.24 bits per heavy atom. The first kappa shape index (κ1) is 24.5. The minimum atomic E-state index is -0.598. The lowest BCUT2D eigenvalue weighted by molar-refractivity contribution is -0.384. The number of anilines is 1. The van der Waals surface area contributed by atoms with Crippen LogP contribution in [0.3, 0.4) is 0 Å². The summed E-state index contributed by atoms with van der Waals surface area (Å²) >= 11 is 7.03. The number of halogens is 1. The molecule has 1 unspecified atom stereocenters. The zero-order valence-electron chi connectivity index (χ0n) is 18.4. The van der Waals surface area contributed by atoms with Gasteiger partial charge >= 0.3 is 0 Å². The standard InChI is InChI=1S/C22H24ClN5O4S/c1-4-15-6-9-17(10-7-15)32-14(3)21-25-26-22(27(21)5-2)33-13-20(29)24-16-8-11-18(23)19(12-16)28(30)31/h6-12,14H,4-5,13H2,1-3H3,(H,24,29). The fourth-order valence-corrected chi connectivity index (χ4v) is 4.12. The SMILES string of the molecule is CCc1ccc(OC(C)c2nnc(SCC(=O)Nc3ccc(Cl)c([N+](=O)[O-])c3)n2CC)cc1. The Kier molecular flexibility index (Phi) is 8.29. The second kappa shape index (κ2) is 11.2. The molecule has 3 rings (SSSR count). The van der Waals surface area contributed by atoms with E-state index in [1.807, 2.05) is 42.7 Å². The monoisotopic (exact) mass is 489 g/mol. The number of aromatic nitrogens is 3. The normalized spacial score (nSPS) is 11.8. The molecule has 1 aromatic heterocycles. The zero-order chi connectivity index (χ0) is 24.0. The number of nitrogens with one attached hydrogen (secondary N) is 1. The van der Waals surface area contributed by atoms with E-state index in [1.54, 1.807) is 0 Å². The Morgan fingerprint density at radius 2 is 1.97 bits per heavy atom. The van der Waals surface area contributed by atoms with Crippen LogP contribution in [0.4, 0.5) is 11.4 Å². The summed E-state index contributed by atoms with van der Waals surface area (Å²) in [4.78, 5) is 22.8. The number of nitro groups is 1. The predicted octanol–water partition coefficient (Wildman–Crippen LogP) is 5.29. The number of hydrogen-bond donors (Lipinski definition) is 1. The highest BCUT2D eigenvalue weighted by atomic mass is 35.5. The molecule has 0 fully saturated rings. The number of hydrogen-bond acceptors (Lipinski definition) is 7. The lowest BCUT2D eigenvalue weighted by atomic mass is 10.2. The van der Waals surface area contributed by atoms with Gasteiger partial charge in [0, 0.05) is 18.3 Å². The lowest BCUT2D eigenvalue weighted by Crippen LogP contribution is -2.15. The number of rotatable bonds is 10. The summed E-state index contributed by atoms with van der Waals surface area (Å²) in [6.07, 6.45) is 0.631.